The highest BCUT2D eigenvalue weighted by molar-refractivity contribution is 7.99. The van der Waals surface area contributed by atoms with Gasteiger partial charge in [-0.3, -0.25) is 25.0 Å². The zero-order valence-electron chi connectivity index (χ0n) is 16.0. The van der Waals surface area contributed by atoms with Gasteiger partial charge in [0, 0.05) is 22.6 Å². The molecule has 2 aromatic rings. The van der Waals surface area contributed by atoms with E-state index < -0.39 is 16.6 Å². The van der Waals surface area contributed by atoms with E-state index in [4.69, 9.17) is 0 Å². The van der Waals surface area contributed by atoms with Gasteiger partial charge in [0.15, 0.2) is 0 Å². The van der Waals surface area contributed by atoms with Gasteiger partial charge in [0.2, 0.25) is 0 Å². The topological polar surface area (TPSA) is 86.9 Å². The number of hydrogen-bond donors (Lipinski definition) is 1. The Bertz CT molecular complexity index is 894. The lowest BCUT2D eigenvalue weighted by Crippen LogP contribution is -2.41. The fraction of sp³-hybridized carbons (Fsp3) is 0.350. The average molecular weight is 419 g/mol. The van der Waals surface area contributed by atoms with E-state index in [0.29, 0.717) is 14.9 Å². The third-order valence-corrected chi connectivity index (χ3v) is 6.04. The van der Waals surface area contributed by atoms with Gasteiger partial charge < -0.3 is 0 Å². The Balaban J connectivity index is 1.77. The van der Waals surface area contributed by atoms with Crippen LogP contribution in [0.5, 0.6) is 0 Å². The first kappa shape index (κ1) is 21.2. The predicted octanol–water partition coefficient (Wildman–Crippen LogP) is 4.20. The normalized spacial score (nSPS) is 16.7. The third kappa shape index (κ3) is 5.11. The Morgan fingerprint density at radius 3 is 2.72 bits per heavy atom. The number of rotatable bonds is 7. The molecule has 1 atom stereocenters. The summed E-state index contributed by atoms with van der Waals surface area (Å²) in [6.45, 7) is 3.97. The SMILES string of the molecule is CCN1CCCC1CN(O)C(=O)c1ccc(Sc2ccc(F)cc2)c([N+](=O)[O-])c1. The largest absolute Gasteiger partial charge is 0.299 e. The van der Waals surface area contributed by atoms with E-state index in [1.165, 1.54) is 42.5 Å². The first-order valence-corrected chi connectivity index (χ1v) is 10.2. The third-order valence-electron chi connectivity index (χ3n) is 4.97. The molecule has 0 aliphatic carbocycles. The van der Waals surface area contributed by atoms with E-state index in [-0.39, 0.29) is 23.8 Å². The number of likely N-dealkylation sites (N-methyl/N-ethyl adjacent to an activating group) is 1. The molecule has 29 heavy (non-hydrogen) atoms. The van der Waals surface area contributed by atoms with E-state index in [2.05, 4.69) is 4.90 Å². The summed E-state index contributed by atoms with van der Waals surface area (Å²) in [5.41, 5.74) is -0.196. The van der Waals surface area contributed by atoms with Crippen LogP contribution in [0, 0.1) is 15.9 Å². The number of carbonyl (C=O) groups excluding carboxylic acids is 1. The summed E-state index contributed by atoms with van der Waals surface area (Å²) < 4.78 is 13.1. The number of nitro groups is 1. The second-order valence-corrected chi connectivity index (χ2v) is 7.92. The molecule has 3 rings (SSSR count). The monoisotopic (exact) mass is 419 g/mol. The summed E-state index contributed by atoms with van der Waals surface area (Å²) in [4.78, 5) is 26.7. The Hall–Kier alpha value is -2.49. The van der Waals surface area contributed by atoms with Crippen LogP contribution in [0.3, 0.4) is 0 Å². The van der Waals surface area contributed by atoms with Gasteiger partial charge in [-0.2, -0.15) is 0 Å². The number of amides is 1. The maximum absolute atomic E-state index is 13.1. The zero-order valence-corrected chi connectivity index (χ0v) is 16.8. The highest BCUT2D eigenvalue weighted by Crippen LogP contribution is 2.35. The van der Waals surface area contributed by atoms with Gasteiger partial charge in [-0.1, -0.05) is 18.7 Å². The molecule has 0 bridgehead atoms. The lowest BCUT2D eigenvalue weighted by Gasteiger charge is -2.26. The Morgan fingerprint density at radius 1 is 1.34 bits per heavy atom. The molecule has 1 fully saturated rings. The van der Waals surface area contributed by atoms with Gasteiger partial charge in [-0.05, 0) is 62.3 Å². The molecule has 7 nitrogen and oxygen atoms in total. The van der Waals surface area contributed by atoms with Crippen molar-refractivity contribution in [1.82, 2.24) is 9.96 Å². The lowest BCUT2D eigenvalue weighted by atomic mass is 10.1. The minimum atomic E-state index is -0.672. The molecule has 0 spiro atoms. The first-order chi connectivity index (χ1) is 13.9. The maximum Gasteiger partial charge on any atom is 0.284 e. The smallest absolute Gasteiger partial charge is 0.284 e. The number of nitrogens with zero attached hydrogens (tertiary/aromatic N) is 3. The van der Waals surface area contributed by atoms with Crippen molar-refractivity contribution in [2.75, 3.05) is 19.6 Å². The number of hydroxylamine groups is 2. The summed E-state index contributed by atoms with van der Waals surface area (Å²) in [5.74, 6) is -1.06. The van der Waals surface area contributed by atoms with Crippen molar-refractivity contribution in [1.29, 1.82) is 0 Å². The molecule has 1 aliphatic rings. The second kappa shape index (κ2) is 9.34. The summed E-state index contributed by atoms with van der Waals surface area (Å²) in [7, 11) is 0. The number of nitro benzene ring substituents is 1. The molecule has 0 radical (unpaired) electrons. The molecule has 1 N–H and O–H groups in total. The molecule has 0 aromatic heterocycles. The first-order valence-electron chi connectivity index (χ1n) is 9.35. The van der Waals surface area contributed by atoms with Gasteiger partial charge in [-0.15, -0.1) is 0 Å². The Morgan fingerprint density at radius 2 is 2.07 bits per heavy atom. The number of likely N-dealkylation sites (tertiary alicyclic amines) is 1. The molecule has 1 saturated heterocycles. The molecule has 2 aromatic carbocycles. The molecular weight excluding hydrogens is 397 g/mol. The van der Waals surface area contributed by atoms with E-state index in [0.717, 1.165) is 37.7 Å². The van der Waals surface area contributed by atoms with Crippen molar-refractivity contribution in [2.45, 2.75) is 35.6 Å². The van der Waals surface area contributed by atoms with Crippen molar-refractivity contribution in [3.05, 3.63) is 64.0 Å². The molecule has 9 heteroatoms. The Kier molecular flexibility index (Phi) is 6.83. The van der Waals surface area contributed by atoms with Crippen LogP contribution in [0.4, 0.5) is 10.1 Å². The van der Waals surface area contributed by atoms with Crippen molar-refractivity contribution in [3.8, 4) is 0 Å². The summed E-state index contributed by atoms with van der Waals surface area (Å²) in [6.07, 6.45) is 1.91. The van der Waals surface area contributed by atoms with Gasteiger partial charge in [0.1, 0.15) is 5.82 Å². The van der Waals surface area contributed by atoms with E-state index >= 15 is 0 Å². The van der Waals surface area contributed by atoms with Crippen LogP contribution in [-0.4, -0.2) is 51.7 Å². The standard InChI is InChI=1S/C20H22FN3O4S/c1-2-22-11-3-4-16(22)13-23(26)20(25)14-5-10-19(18(12-14)24(27)28)29-17-8-6-15(21)7-9-17/h5-10,12,16,26H,2-4,11,13H2,1H3. The fourth-order valence-corrected chi connectivity index (χ4v) is 4.36. The number of carbonyl (C=O) groups is 1. The van der Waals surface area contributed by atoms with Crippen LogP contribution in [-0.2, 0) is 0 Å². The van der Waals surface area contributed by atoms with Crippen LogP contribution in [0.15, 0.2) is 52.3 Å². The maximum atomic E-state index is 13.1. The molecule has 0 saturated carbocycles. The van der Waals surface area contributed by atoms with Crippen molar-refractivity contribution in [2.24, 2.45) is 0 Å². The lowest BCUT2D eigenvalue weighted by molar-refractivity contribution is -0.387. The number of benzene rings is 2. The van der Waals surface area contributed by atoms with Crippen LogP contribution >= 0.6 is 11.8 Å². The zero-order chi connectivity index (χ0) is 21.0. The molecular formula is C20H22FN3O4S. The van der Waals surface area contributed by atoms with Gasteiger partial charge in [-0.25, -0.2) is 9.45 Å². The summed E-state index contributed by atoms with van der Waals surface area (Å²) >= 11 is 1.11. The molecule has 1 unspecified atom stereocenters. The highest BCUT2D eigenvalue weighted by Gasteiger charge is 2.28. The molecule has 154 valence electrons. The van der Waals surface area contributed by atoms with E-state index in [9.17, 15) is 24.5 Å². The van der Waals surface area contributed by atoms with E-state index in [1.54, 1.807) is 0 Å². The highest BCUT2D eigenvalue weighted by atomic mass is 32.2. The quantitative estimate of drug-likeness (QED) is 0.411. The fourth-order valence-electron chi connectivity index (χ4n) is 3.46. The molecule has 1 heterocycles. The van der Waals surface area contributed by atoms with E-state index in [1.807, 2.05) is 6.92 Å². The van der Waals surface area contributed by atoms with Gasteiger partial charge in [0.25, 0.3) is 11.6 Å². The van der Waals surface area contributed by atoms with Crippen molar-refractivity contribution in [3.63, 3.8) is 0 Å². The van der Waals surface area contributed by atoms with Crippen molar-refractivity contribution < 1.29 is 19.3 Å². The van der Waals surface area contributed by atoms with Crippen LogP contribution in [0.2, 0.25) is 0 Å². The van der Waals surface area contributed by atoms with Crippen LogP contribution in [0.1, 0.15) is 30.1 Å². The van der Waals surface area contributed by atoms with Crippen LogP contribution < -0.4 is 0 Å². The summed E-state index contributed by atoms with van der Waals surface area (Å²) in [6, 6.07) is 9.79. The minimum Gasteiger partial charge on any atom is -0.299 e. The second-order valence-electron chi connectivity index (χ2n) is 6.81. The molecule has 1 aliphatic heterocycles. The summed E-state index contributed by atoms with van der Waals surface area (Å²) in [5, 5.41) is 22.4. The minimum absolute atomic E-state index is 0.0451. The van der Waals surface area contributed by atoms with Gasteiger partial charge in [0.05, 0.1) is 16.4 Å². The van der Waals surface area contributed by atoms with Crippen LogP contribution in [0.25, 0.3) is 0 Å². The predicted molar refractivity (Wildman–Crippen MR) is 107 cm³/mol. The number of halogens is 1. The average Bonchev–Trinajstić information content (AvgIpc) is 3.16. The van der Waals surface area contributed by atoms with Gasteiger partial charge >= 0.3 is 0 Å². The molecule has 1 amide bonds. The van der Waals surface area contributed by atoms with Crippen molar-refractivity contribution >= 4 is 23.4 Å². The Labute approximate surface area is 172 Å². The number of hydrogen-bond acceptors (Lipinski definition) is 6.